The minimum absolute atomic E-state index is 0.102. The Balaban J connectivity index is 3.21. The van der Waals surface area contributed by atoms with Crippen molar-refractivity contribution in [2.24, 2.45) is 17.8 Å². The van der Waals surface area contributed by atoms with Crippen LogP contribution in [0.4, 0.5) is 8.78 Å². The van der Waals surface area contributed by atoms with Crippen molar-refractivity contribution in [1.29, 1.82) is 0 Å². The maximum absolute atomic E-state index is 15.4. The Bertz CT molecular complexity index is 1200. The molecule has 0 radical (unpaired) electrons. The minimum Gasteiger partial charge on any atom is -0.619 e. The molecule has 1 unspecified atom stereocenters. The van der Waals surface area contributed by atoms with Crippen molar-refractivity contribution in [2.75, 3.05) is 6.54 Å². The number of aromatic nitrogens is 1. The zero-order chi connectivity index (χ0) is 36.1. The summed E-state index contributed by atoms with van der Waals surface area (Å²) in [5.74, 6) is -10.3. The third-order valence-electron chi connectivity index (χ3n) is 7.75. The molecule has 15 heteroatoms. The quantitative estimate of drug-likeness (QED) is 0.0950. The first-order valence-corrected chi connectivity index (χ1v) is 16.2. The first-order valence-electron chi connectivity index (χ1n) is 16.2. The zero-order valence-corrected chi connectivity index (χ0v) is 28.6. The summed E-state index contributed by atoms with van der Waals surface area (Å²) >= 11 is 0. The van der Waals surface area contributed by atoms with E-state index in [9.17, 15) is 34.3 Å². The highest BCUT2D eigenvalue weighted by Gasteiger charge is 2.51. The third-order valence-corrected chi connectivity index (χ3v) is 7.75. The van der Waals surface area contributed by atoms with E-state index >= 15 is 8.78 Å². The van der Waals surface area contributed by atoms with E-state index in [1.165, 1.54) is 12.1 Å². The van der Waals surface area contributed by atoms with Crippen molar-refractivity contribution in [3.05, 3.63) is 35.3 Å². The molecule has 5 amide bonds. The smallest absolute Gasteiger partial charge is 0.351 e. The SMILES string of the molecule is CCC[C@H](NC(=O)[C@@H](NC(=O)c1cc[n+]([O-])cc1)C(C)CC)C(=O)N[C@@H](CC(C)C)[C@@H](O)C(F)(F)C(=O)N[C@H](C(=O)NCC)C(C)C. The number of hydrogen-bond donors (Lipinski definition) is 6. The fourth-order valence-electron chi connectivity index (χ4n) is 4.81. The fraction of sp³-hybridized carbons (Fsp3) is 0.688. The van der Waals surface area contributed by atoms with E-state index in [4.69, 9.17) is 0 Å². The number of aliphatic hydroxyl groups is 1. The predicted molar refractivity (Wildman–Crippen MR) is 171 cm³/mol. The van der Waals surface area contributed by atoms with Crippen LogP contribution in [0.15, 0.2) is 24.5 Å². The number of amides is 5. The van der Waals surface area contributed by atoms with Gasteiger partial charge in [-0.25, -0.2) is 0 Å². The molecule has 0 saturated heterocycles. The standard InChI is InChI=1S/C32H52F2N6O7/c1-9-12-22(36-30(45)25(20(8)10-2)38-27(42)21-13-15-40(47)16-14-21)28(43)37-23(17-18(4)5)26(41)32(33,34)31(46)39-24(19(6)7)29(44)35-11-3/h13-16,18-20,22-26,41H,9-12,17H2,1-8H3,(H,35,44)(H,36,45)(H,37,43)(H,38,42)(H,39,46)/t20?,22-,23-,24-,25-,26+/m0/s1. The van der Waals surface area contributed by atoms with Crippen LogP contribution in [0.25, 0.3) is 0 Å². The Labute approximate surface area is 275 Å². The summed E-state index contributed by atoms with van der Waals surface area (Å²) in [4.78, 5) is 64.9. The van der Waals surface area contributed by atoms with Gasteiger partial charge >= 0.3 is 5.92 Å². The van der Waals surface area contributed by atoms with E-state index in [0.29, 0.717) is 17.6 Å². The second-order valence-electron chi connectivity index (χ2n) is 12.5. The van der Waals surface area contributed by atoms with Crippen LogP contribution in [0.5, 0.6) is 0 Å². The highest BCUT2D eigenvalue weighted by molar-refractivity contribution is 5.98. The van der Waals surface area contributed by atoms with Gasteiger partial charge in [-0.2, -0.15) is 13.5 Å². The molecule has 0 bridgehead atoms. The molecule has 0 aliphatic heterocycles. The molecule has 0 fully saturated rings. The van der Waals surface area contributed by atoms with E-state index in [1.54, 1.807) is 48.5 Å². The molecule has 0 spiro atoms. The van der Waals surface area contributed by atoms with Gasteiger partial charge in [0.1, 0.15) is 24.2 Å². The number of rotatable bonds is 19. The zero-order valence-electron chi connectivity index (χ0n) is 28.6. The minimum atomic E-state index is -4.40. The van der Waals surface area contributed by atoms with Gasteiger partial charge in [0.05, 0.1) is 11.6 Å². The molecule has 13 nitrogen and oxygen atoms in total. The molecular formula is C32H52F2N6O7. The van der Waals surface area contributed by atoms with Gasteiger partial charge in [0.25, 0.3) is 11.8 Å². The van der Waals surface area contributed by atoms with Crippen LogP contribution in [0, 0.1) is 23.0 Å². The van der Waals surface area contributed by atoms with Crippen molar-refractivity contribution in [3.63, 3.8) is 0 Å². The summed E-state index contributed by atoms with van der Waals surface area (Å²) in [6.07, 6.45) is 0.453. The Morgan fingerprint density at radius 3 is 1.96 bits per heavy atom. The van der Waals surface area contributed by atoms with Crippen molar-refractivity contribution >= 4 is 29.5 Å². The van der Waals surface area contributed by atoms with Crippen molar-refractivity contribution < 1.29 is 42.6 Å². The van der Waals surface area contributed by atoms with Gasteiger partial charge in [-0.1, -0.05) is 61.3 Å². The van der Waals surface area contributed by atoms with Crippen molar-refractivity contribution in [3.8, 4) is 0 Å². The van der Waals surface area contributed by atoms with Crippen LogP contribution in [0.3, 0.4) is 0 Å². The summed E-state index contributed by atoms with van der Waals surface area (Å²) in [5.41, 5.74) is 0.141. The van der Waals surface area contributed by atoms with Crippen LogP contribution in [-0.4, -0.2) is 77.4 Å². The average Bonchev–Trinajstić information content (AvgIpc) is 3.00. The summed E-state index contributed by atoms with van der Waals surface area (Å²) in [6.45, 7) is 13.6. The maximum atomic E-state index is 15.4. The van der Waals surface area contributed by atoms with Crippen molar-refractivity contribution in [2.45, 2.75) is 117 Å². The molecule has 6 atom stereocenters. The van der Waals surface area contributed by atoms with Gasteiger partial charge in [0.15, 0.2) is 12.4 Å². The average molecular weight is 671 g/mol. The van der Waals surface area contributed by atoms with Crippen LogP contribution >= 0.6 is 0 Å². The maximum Gasteiger partial charge on any atom is 0.351 e. The number of carbonyl (C=O) groups is 5. The lowest BCUT2D eigenvalue weighted by molar-refractivity contribution is -0.605. The fourth-order valence-corrected chi connectivity index (χ4v) is 4.81. The molecular weight excluding hydrogens is 618 g/mol. The van der Waals surface area contributed by atoms with Crippen LogP contribution < -0.4 is 31.3 Å². The van der Waals surface area contributed by atoms with E-state index in [1.807, 2.05) is 12.2 Å². The van der Waals surface area contributed by atoms with E-state index in [-0.39, 0.29) is 36.8 Å². The first kappa shape index (κ1) is 41.1. The predicted octanol–water partition coefficient (Wildman–Crippen LogP) is 1.55. The summed E-state index contributed by atoms with van der Waals surface area (Å²) in [5, 5.41) is 34.3. The Morgan fingerprint density at radius 1 is 0.872 bits per heavy atom. The molecule has 1 heterocycles. The van der Waals surface area contributed by atoms with Gasteiger partial charge in [-0.05, 0) is 37.5 Å². The summed E-state index contributed by atoms with van der Waals surface area (Å²) in [7, 11) is 0. The number of likely N-dealkylation sites (N-methyl/N-ethyl adjacent to an activating group) is 1. The normalized spacial score (nSPS) is 15.5. The van der Waals surface area contributed by atoms with Crippen LogP contribution in [-0.2, 0) is 19.2 Å². The van der Waals surface area contributed by atoms with E-state index in [0.717, 1.165) is 12.4 Å². The Morgan fingerprint density at radius 2 is 1.47 bits per heavy atom. The lowest BCUT2D eigenvalue weighted by Crippen LogP contribution is -2.62. The Hall–Kier alpha value is -3.88. The number of aliphatic hydroxyl groups excluding tert-OH is 1. The molecule has 0 aromatic carbocycles. The van der Waals surface area contributed by atoms with E-state index < -0.39 is 71.6 Å². The molecule has 0 aliphatic carbocycles. The lowest BCUT2D eigenvalue weighted by Gasteiger charge is -2.33. The number of alkyl halides is 2. The number of nitrogens with one attached hydrogen (secondary N) is 5. The highest BCUT2D eigenvalue weighted by atomic mass is 19.3. The highest BCUT2D eigenvalue weighted by Crippen LogP contribution is 2.26. The van der Waals surface area contributed by atoms with Crippen LogP contribution in [0.2, 0.25) is 0 Å². The van der Waals surface area contributed by atoms with Gasteiger partial charge in [-0.15, -0.1) is 0 Å². The number of nitrogens with zero attached hydrogens (tertiary/aromatic N) is 1. The number of halogens is 2. The molecule has 47 heavy (non-hydrogen) atoms. The molecule has 1 aromatic heterocycles. The first-order chi connectivity index (χ1) is 21.9. The molecule has 1 rings (SSSR count). The monoisotopic (exact) mass is 670 g/mol. The third kappa shape index (κ3) is 12.3. The van der Waals surface area contributed by atoms with E-state index in [2.05, 4.69) is 21.3 Å². The molecule has 0 aliphatic rings. The second-order valence-corrected chi connectivity index (χ2v) is 12.5. The molecule has 1 aromatic rings. The molecule has 0 saturated carbocycles. The number of pyridine rings is 1. The lowest BCUT2D eigenvalue weighted by atomic mass is 9.93. The summed E-state index contributed by atoms with van der Waals surface area (Å²) < 4.78 is 31.4. The summed E-state index contributed by atoms with van der Waals surface area (Å²) in [6, 6.07) is -2.61. The number of carbonyl (C=O) groups excluding carboxylic acids is 5. The second kappa shape index (κ2) is 19.1. The Kier molecular flexibility index (Phi) is 16.7. The van der Waals surface area contributed by atoms with Crippen molar-refractivity contribution in [1.82, 2.24) is 26.6 Å². The molecule has 266 valence electrons. The van der Waals surface area contributed by atoms with Gasteiger partial charge in [-0.3, -0.25) is 24.0 Å². The largest absolute Gasteiger partial charge is 0.619 e. The van der Waals surface area contributed by atoms with Crippen LogP contribution in [0.1, 0.15) is 91.4 Å². The molecule has 6 N–H and O–H groups in total. The van der Waals surface area contributed by atoms with Gasteiger partial charge in [0, 0.05) is 18.7 Å². The topological polar surface area (TPSA) is 193 Å². The van der Waals surface area contributed by atoms with Gasteiger partial charge in [0.2, 0.25) is 17.7 Å². The number of hydrogen-bond acceptors (Lipinski definition) is 7. The van der Waals surface area contributed by atoms with Gasteiger partial charge < -0.3 is 36.9 Å².